The van der Waals surface area contributed by atoms with Gasteiger partial charge in [-0.15, -0.1) is 0 Å². The molecule has 0 aromatic heterocycles. The summed E-state index contributed by atoms with van der Waals surface area (Å²) in [4.78, 5) is 38.3. The second kappa shape index (κ2) is 62.6. The van der Waals surface area contributed by atoms with Gasteiger partial charge < -0.3 is 14.2 Å². The molecule has 0 saturated heterocycles. The molecule has 6 nitrogen and oxygen atoms in total. The van der Waals surface area contributed by atoms with Crippen molar-refractivity contribution in [1.29, 1.82) is 0 Å². The molecule has 0 aliphatic carbocycles. The fourth-order valence-corrected chi connectivity index (χ4v) is 9.47. The van der Waals surface area contributed by atoms with E-state index in [4.69, 9.17) is 14.2 Å². The Morgan fingerprint density at radius 1 is 0.284 bits per heavy atom. The van der Waals surface area contributed by atoms with Crippen LogP contribution in [0.1, 0.15) is 335 Å². The van der Waals surface area contributed by atoms with Crippen LogP contribution in [0.25, 0.3) is 0 Å². The lowest BCUT2D eigenvalue weighted by atomic mass is 10.0. The van der Waals surface area contributed by atoms with Crippen molar-refractivity contribution in [3.63, 3.8) is 0 Å². The summed E-state index contributed by atoms with van der Waals surface area (Å²) in [5, 5.41) is 0. The molecular formula is C68H122O6. The summed E-state index contributed by atoms with van der Waals surface area (Å²) in [5.74, 6) is -0.858. The number of esters is 3. The van der Waals surface area contributed by atoms with Crippen LogP contribution in [-0.2, 0) is 28.6 Å². The third kappa shape index (κ3) is 60.0. The van der Waals surface area contributed by atoms with Gasteiger partial charge in [0.25, 0.3) is 0 Å². The highest BCUT2D eigenvalue weighted by Crippen LogP contribution is 2.17. The Morgan fingerprint density at radius 3 is 0.824 bits per heavy atom. The first-order valence-electron chi connectivity index (χ1n) is 32.3. The Kier molecular flexibility index (Phi) is 60.2. The van der Waals surface area contributed by atoms with Crippen molar-refractivity contribution in [2.45, 2.75) is 341 Å². The number of unbranched alkanes of at least 4 members (excludes halogenated alkanes) is 38. The normalized spacial score (nSPS) is 12.4. The fraction of sp³-hybridized carbons (Fsp3) is 0.809. The van der Waals surface area contributed by atoms with Crippen LogP contribution in [0.2, 0.25) is 0 Å². The van der Waals surface area contributed by atoms with Gasteiger partial charge in [0.15, 0.2) is 6.10 Å². The van der Waals surface area contributed by atoms with Gasteiger partial charge in [0.05, 0.1) is 0 Å². The van der Waals surface area contributed by atoms with E-state index in [1.807, 2.05) is 0 Å². The number of ether oxygens (including phenoxy) is 3. The summed E-state index contributed by atoms with van der Waals surface area (Å²) < 4.78 is 16.9. The summed E-state index contributed by atoms with van der Waals surface area (Å²) in [6.45, 7) is 6.57. The van der Waals surface area contributed by atoms with Crippen molar-refractivity contribution in [1.82, 2.24) is 0 Å². The fourth-order valence-electron chi connectivity index (χ4n) is 9.47. The molecule has 0 heterocycles. The summed E-state index contributed by atoms with van der Waals surface area (Å²) in [7, 11) is 0. The van der Waals surface area contributed by atoms with Crippen LogP contribution in [0, 0.1) is 0 Å². The molecule has 0 aliphatic rings. The van der Waals surface area contributed by atoms with Gasteiger partial charge in [0.1, 0.15) is 13.2 Å². The summed E-state index contributed by atoms with van der Waals surface area (Å²) >= 11 is 0. The zero-order valence-electron chi connectivity index (χ0n) is 49.4. The molecule has 74 heavy (non-hydrogen) atoms. The molecule has 0 saturated carbocycles. The largest absolute Gasteiger partial charge is 0.462 e. The summed E-state index contributed by atoms with van der Waals surface area (Å²) in [6.07, 6.45) is 79.4. The van der Waals surface area contributed by atoms with Crippen LogP contribution in [-0.4, -0.2) is 37.2 Å². The third-order valence-corrected chi connectivity index (χ3v) is 14.3. The zero-order chi connectivity index (χ0) is 53.6. The minimum absolute atomic E-state index is 0.0709. The van der Waals surface area contributed by atoms with E-state index in [-0.39, 0.29) is 31.1 Å². The van der Waals surface area contributed by atoms with Gasteiger partial charge in [-0.2, -0.15) is 0 Å². The highest BCUT2D eigenvalue weighted by Gasteiger charge is 2.19. The second-order valence-electron chi connectivity index (χ2n) is 21.7. The van der Waals surface area contributed by atoms with Gasteiger partial charge in [-0.25, -0.2) is 0 Å². The second-order valence-corrected chi connectivity index (χ2v) is 21.7. The van der Waals surface area contributed by atoms with Gasteiger partial charge in [0.2, 0.25) is 0 Å². The molecule has 0 radical (unpaired) electrons. The molecule has 0 spiro atoms. The molecule has 0 aromatic carbocycles. The van der Waals surface area contributed by atoms with Crippen LogP contribution >= 0.6 is 0 Å². The first-order chi connectivity index (χ1) is 36.5. The average Bonchev–Trinajstić information content (AvgIpc) is 3.40. The third-order valence-electron chi connectivity index (χ3n) is 14.3. The van der Waals surface area contributed by atoms with Gasteiger partial charge in [-0.1, -0.05) is 313 Å². The molecule has 0 aromatic rings. The van der Waals surface area contributed by atoms with Crippen LogP contribution < -0.4 is 0 Å². The predicted molar refractivity (Wildman–Crippen MR) is 321 cm³/mol. The average molecular weight is 1040 g/mol. The molecule has 430 valence electrons. The molecule has 1 unspecified atom stereocenters. The quantitative estimate of drug-likeness (QED) is 0.0261. The molecular weight excluding hydrogens is 913 g/mol. The van der Waals surface area contributed by atoms with Crippen LogP contribution in [0.3, 0.4) is 0 Å². The van der Waals surface area contributed by atoms with Gasteiger partial charge >= 0.3 is 17.9 Å². The number of rotatable bonds is 59. The Balaban J connectivity index is 4.25. The zero-order valence-corrected chi connectivity index (χ0v) is 49.4. The standard InChI is InChI=1S/C68H122O6/c1-4-7-10-13-16-19-22-24-26-28-30-32-33-34-35-36-38-39-41-43-46-49-52-55-58-61-67(70)73-64-65(63-72-66(69)60-57-54-51-48-45-21-18-15-12-9-6-3)74-68(71)62-59-56-53-50-47-44-42-40-37-31-29-27-25-23-20-17-14-11-8-5-2/h7,10,16,19,24,26,30,32,34-35,65H,4-6,8-9,11-15,17-18,20-23,25,27-29,31,33,36-64H2,1-3H3/b10-7-,19-16-,26-24-,32-30-,35-34-. The van der Waals surface area contributed by atoms with Crippen molar-refractivity contribution in [2.75, 3.05) is 13.2 Å². The molecule has 0 rings (SSSR count). The van der Waals surface area contributed by atoms with E-state index < -0.39 is 6.10 Å². The molecule has 0 bridgehead atoms. The van der Waals surface area contributed by atoms with E-state index in [2.05, 4.69) is 81.5 Å². The Bertz CT molecular complexity index is 1330. The molecule has 0 N–H and O–H groups in total. The topological polar surface area (TPSA) is 78.9 Å². The highest BCUT2D eigenvalue weighted by atomic mass is 16.6. The summed E-state index contributed by atoms with van der Waals surface area (Å²) in [6, 6.07) is 0. The number of carbonyl (C=O) groups excluding carboxylic acids is 3. The maximum absolute atomic E-state index is 12.9. The van der Waals surface area contributed by atoms with Crippen molar-refractivity contribution < 1.29 is 28.6 Å². The van der Waals surface area contributed by atoms with E-state index in [0.717, 1.165) is 96.3 Å². The molecule has 1 atom stereocenters. The molecule has 6 heteroatoms. The van der Waals surface area contributed by atoms with E-state index >= 15 is 0 Å². The number of hydrogen-bond acceptors (Lipinski definition) is 6. The van der Waals surface area contributed by atoms with Crippen LogP contribution in [0.5, 0.6) is 0 Å². The molecule has 0 amide bonds. The minimum Gasteiger partial charge on any atom is -0.462 e. The van der Waals surface area contributed by atoms with Crippen LogP contribution in [0.4, 0.5) is 0 Å². The van der Waals surface area contributed by atoms with Crippen molar-refractivity contribution in [3.8, 4) is 0 Å². The van der Waals surface area contributed by atoms with Gasteiger partial charge in [-0.05, 0) is 64.2 Å². The molecule has 0 fully saturated rings. The van der Waals surface area contributed by atoms with E-state index in [1.165, 1.54) is 199 Å². The van der Waals surface area contributed by atoms with E-state index in [9.17, 15) is 14.4 Å². The smallest absolute Gasteiger partial charge is 0.306 e. The monoisotopic (exact) mass is 1030 g/mol. The lowest BCUT2D eigenvalue weighted by Gasteiger charge is -2.18. The predicted octanol–water partition coefficient (Wildman–Crippen LogP) is 21.9. The Morgan fingerprint density at radius 2 is 0.527 bits per heavy atom. The van der Waals surface area contributed by atoms with Crippen molar-refractivity contribution in [3.05, 3.63) is 60.8 Å². The lowest BCUT2D eigenvalue weighted by Crippen LogP contribution is -2.30. The van der Waals surface area contributed by atoms with Crippen molar-refractivity contribution >= 4 is 17.9 Å². The lowest BCUT2D eigenvalue weighted by molar-refractivity contribution is -0.167. The summed E-state index contributed by atoms with van der Waals surface area (Å²) in [5.41, 5.74) is 0. The highest BCUT2D eigenvalue weighted by molar-refractivity contribution is 5.71. The van der Waals surface area contributed by atoms with Gasteiger partial charge in [-0.3, -0.25) is 14.4 Å². The first-order valence-corrected chi connectivity index (χ1v) is 32.3. The number of carbonyl (C=O) groups is 3. The van der Waals surface area contributed by atoms with Gasteiger partial charge in [0, 0.05) is 19.3 Å². The van der Waals surface area contributed by atoms with Crippen molar-refractivity contribution in [2.24, 2.45) is 0 Å². The van der Waals surface area contributed by atoms with E-state index in [1.54, 1.807) is 0 Å². The minimum atomic E-state index is -0.773. The first kappa shape index (κ1) is 71.1. The maximum Gasteiger partial charge on any atom is 0.306 e. The number of hydrogen-bond donors (Lipinski definition) is 0. The molecule has 0 aliphatic heterocycles. The van der Waals surface area contributed by atoms with Crippen LogP contribution in [0.15, 0.2) is 60.8 Å². The SMILES string of the molecule is CC/C=C\C/C=C\C/C=C\C/C=C\C/C=C\CCCCCCCCCCCC(=O)OCC(COC(=O)CCCCCCCCCCCCC)OC(=O)CCCCCCCCCCCCCCCCCCCCCC. The number of allylic oxidation sites excluding steroid dienone is 10. The maximum atomic E-state index is 12.9. The Labute approximate surface area is 460 Å². The Hall–Kier alpha value is -2.89. The van der Waals surface area contributed by atoms with E-state index in [0.29, 0.717) is 19.3 Å².